The standard InChI is InChI=1S/C5H6N2O4/c1-10-4(8)3(7-6)5(9)11-2/h1-2H3/i4+1,5+1. The van der Waals surface area contributed by atoms with Gasteiger partial charge in [-0.15, -0.1) is 0 Å². The van der Waals surface area contributed by atoms with Crippen molar-refractivity contribution in [2.45, 2.75) is 0 Å². The van der Waals surface area contributed by atoms with Crippen LogP contribution in [-0.4, -0.2) is 36.7 Å². The largest absolute Gasteiger partial charge is 0.482 e. The van der Waals surface area contributed by atoms with Crippen molar-refractivity contribution in [2.75, 3.05) is 14.2 Å². The van der Waals surface area contributed by atoms with Gasteiger partial charge >= 0.3 is 17.7 Å². The summed E-state index contributed by atoms with van der Waals surface area (Å²) in [7, 11) is 2.10. The maximum Gasteiger partial charge on any atom is 0.482 e. The van der Waals surface area contributed by atoms with Gasteiger partial charge in [0.2, 0.25) is 0 Å². The van der Waals surface area contributed by atoms with Gasteiger partial charge in [-0.1, -0.05) is 0 Å². The zero-order chi connectivity index (χ0) is 8.85. The van der Waals surface area contributed by atoms with Crippen molar-refractivity contribution in [2.24, 2.45) is 0 Å². The number of esters is 2. The molecule has 0 N–H and O–H groups in total. The molecule has 0 unspecified atom stereocenters. The third-order valence-electron chi connectivity index (χ3n) is 0.857. The highest BCUT2D eigenvalue weighted by molar-refractivity contribution is 6.60. The van der Waals surface area contributed by atoms with E-state index < -0.39 is 17.7 Å². The Morgan fingerprint density at radius 2 is 1.55 bits per heavy atom. The van der Waals surface area contributed by atoms with Gasteiger partial charge in [-0.2, -0.15) is 4.79 Å². The lowest BCUT2D eigenvalue weighted by molar-refractivity contribution is -0.146. The van der Waals surface area contributed by atoms with Crippen LogP contribution >= 0.6 is 0 Å². The third kappa shape index (κ3) is 2.19. The molecule has 0 amide bonds. The summed E-state index contributed by atoms with van der Waals surface area (Å²) in [5.41, 5.74) is 7.33. The zero-order valence-corrected chi connectivity index (χ0v) is 6.03. The fraction of sp³-hybridized carbons (Fsp3) is 0.400. The number of rotatable bonds is 2. The first-order valence-corrected chi connectivity index (χ1v) is 2.56. The number of methoxy groups -OCH3 is 2. The van der Waals surface area contributed by atoms with Crippen LogP contribution in [0.4, 0.5) is 0 Å². The summed E-state index contributed by atoms with van der Waals surface area (Å²) in [4.78, 5) is 23.5. The first-order chi connectivity index (χ1) is 5.17. The summed E-state index contributed by atoms with van der Waals surface area (Å²) in [6.45, 7) is 0. The summed E-state index contributed by atoms with van der Waals surface area (Å²) < 4.78 is 8.19. The quantitative estimate of drug-likeness (QED) is 0.129. The van der Waals surface area contributed by atoms with E-state index in [-0.39, 0.29) is 0 Å². The van der Waals surface area contributed by atoms with Crippen molar-refractivity contribution in [3.05, 3.63) is 5.53 Å². The number of carbonyl (C=O) groups is 2. The fourth-order valence-electron chi connectivity index (χ4n) is 0.358. The van der Waals surface area contributed by atoms with Gasteiger partial charge in [0.15, 0.2) is 0 Å². The molecule has 0 aliphatic heterocycles. The molecule has 0 fully saturated rings. The first kappa shape index (κ1) is 9.32. The Kier molecular flexibility index (Phi) is 3.55. The molecule has 11 heavy (non-hydrogen) atoms. The lowest BCUT2D eigenvalue weighted by Crippen LogP contribution is -2.27. The molecule has 0 bridgehead atoms. The molecule has 0 aromatic carbocycles. The van der Waals surface area contributed by atoms with E-state index in [1.807, 2.05) is 0 Å². The summed E-state index contributed by atoms with van der Waals surface area (Å²) in [5.74, 6) is -2.08. The highest BCUT2D eigenvalue weighted by atomic mass is 16.6. The monoisotopic (exact) mass is 160 g/mol. The molecule has 6 nitrogen and oxygen atoms in total. The van der Waals surface area contributed by atoms with E-state index in [0.29, 0.717) is 0 Å². The predicted octanol–water partition coefficient (Wildman–Crippen LogP) is -0.997. The molecule has 0 rings (SSSR count). The zero-order valence-electron chi connectivity index (χ0n) is 6.03. The van der Waals surface area contributed by atoms with Crippen LogP contribution in [0.15, 0.2) is 0 Å². The highest BCUT2D eigenvalue weighted by Gasteiger charge is 2.31. The van der Waals surface area contributed by atoms with Crippen LogP contribution in [0.1, 0.15) is 0 Å². The second kappa shape index (κ2) is 4.19. The van der Waals surface area contributed by atoms with Gasteiger partial charge in [-0.05, 0) is 0 Å². The molecular formula is C5H6N2O4. The van der Waals surface area contributed by atoms with Crippen LogP contribution in [0.25, 0.3) is 5.53 Å². The molecule has 60 valence electrons. The van der Waals surface area contributed by atoms with Gasteiger partial charge in [0.1, 0.15) is 0 Å². The van der Waals surface area contributed by atoms with Crippen LogP contribution in [0.5, 0.6) is 0 Å². The van der Waals surface area contributed by atoms with Crippen molar-refractivity contribution in [3.63, 3.8) is 0 Å². The lowest BCUT2D eigenvalue weighted by atomic mass is 10.8. The predicted molar refractivity (Wildman–Crippen MR) is 32.7 cm³/mol. The third-order valence-corrected chi connectivity index (χ3v) is 0.857. The van der Waals surface area contributed by atoms with Crippen LogP contribution < -0.4 is 0 Å². The topological polar surface area (TPSA) is 89.0 Å². The molecule has 0 spiro atoms. The van der Waals surface area contributed by atoms with Gasteiger partial charge in [0, 0.05) is 0 Å². The van der Waals surface area contributed by atoms with Crippen LogP contribution in [0, 0.1) is 0 Å². The number of hydrogen-bond donors (Lipinski definition) is 0. The highest BCUT2D eigenvalue weighted by Crippen LogP contribution is 1.81. The van der Waals surface area contributed by atoms with Crippen LogP contribution in [0.3, 0.4) is 0 Å². The van der Waals surface area contributed by atoms with Crippen LogP contribution in [-0.2, 0) is 19.1 Å². The molecule has 0 atom stereocenters. The van der Waals surface area contributed by atoms with Gasteiger partial charge in [0.25, 0.3) is 0 Å². The van der Waals surface area contributed by atoms with Crippen molar-refractivity contribution in [3.8, 4) is 0 Å². The Morgan fingerprint density at radius 3 is 1.73 bits per heavy atom. The Morgan fingerprint density at radius 1 is 1.18 bits per heavy atom. The van der Waals surface area contributed by atoms with Crippen molar-refractivity contribution in [1.29, 1.82) is 0 Å². The van der Waals surface area contributed by atoms with Crippen molar-refractivity contribution in [1.82, 2.24) is 0 Å². The Bertz CT molecular complexity index is 211. The summed E-state index contributed by atoms with van der Waals surface area (Å²) in [6, 6.07) is 0. The minimum Gasteiger partial charge on any atom is -0.460 e. The van der Waals surface area contributed by atoms with E-state index in [0.717, 1.165) is 14.2 Å². The minimum atomic E-state index is -1.04. The molecule has 0 saturated carbocycles. The summed E-state index contributed by atoms with van der Waals surface area (Å²) in [5, 5.41) is 0. The Balaban J connectivity index is 4.57. The van der Waals surface area contributed by atoms with Gasteiger partial charge < -0.3 is 15.0 Å². The Hall–Kier alpha value is -1.68. The van der Waals surface area contributed by atoms with E-state index in [1.54, 1.807) is 0 Å². The van der Waals surface area contributed by atoms with E-state index in [9.17, 15) is 9.59 Å². The summed E-state index contributed by atoms with van der Waals surface area (Å²) in [6.07, 6.45) is 0. The maximum absolute atomic E-state index is 10.5. The molecule has 0 aliphatic carbocycles. The van der Waals surface area contributed by atoms with Crippen molar-refractivity contribution >= 4 is 17.7 Å². The number of ether oxygens (including phenoxy) is 2. The molecule has 0 aromatic heterocycles. The minimum absolute atomic E-state index is 0.782. The van der Waals surface area contributed by atoms with Gasteiger partial charge in [-0.25, -0.2) is 9.59 Å². The first-order valence-electron chi connectivity index (χ1n) is 2.56. The maximum atomic E-state index is 10.5. The molecule has 0 heterocycles. The second-order valence-corrected chi connectivity index (χ2v) is 1.43. The van der Waals surface area contributed by atoms with E-state index in [2.05, 4.69) is 14.3 Å². The SMILES string of the molecule is CO[13C](=O)C(=[N+]=[N-])[13C](=O)OC. The van der Waals surface area contributed by atoms with Gasteiger partial charge in [0.05, 0.1) is 14.2 Å². The number of carbonyl (C=O) groups excluding carboxylic acids is 2. The van der Waals surface area contributed by atoms with Crippen molar-refractivity contribution < 1.29 is 23.9 Å². The molecule has 0 aliphatic rings. The fourth-order valence-corrected chi connectivity index (χ4v) is 0.358. The Labute approximate surface area is 62.3 Å². The number of nitrogens with zero attached hydrogens (tertiary/aromatic N) is 2. The molecule has 0 radical (unpaired) electrons. The second-order valence-electron chi connectivity index (χ2n) is 1.43. The van der Waals surface area contributed by atoms with E-state index in [4.69, 9.17) is 5.53 Å². The summed E-state index contributed by atoms with van der Waals surface area (Å²) >= 11 is 0. The smallest absolute Gasteiger partial charge is 0.460 e. The molecule has 0 saturated heterocycles. The van der Waals surface area contributed by atoms with E-state index >= 15 is 0 Å². The average molecular weight is 160 g/mol. The lowest BCUT2D eigenvalue weighted by Gasteiger charge is -1.91. The average Bonchev–Trinajstić information content (AvgIpc) is 2.05. The van der Waals surface area contributed by atoms with Crippen LogP contribution in [0.2, 0.25) is 0 Å². The molecule has 6 heteroatoms. The normalized spacial score (nSPS) is 7.82. The number of hydrogen-bond acceptors (Lipinski definition) is 4. The van der Waals surface area contributed by atoms with E-state index in [1.165, 1.54) is 0 Å². The molecule has 0 aromatic rings. The molecular weight excluding hydrogens is 154 g/mol. The van der Waals surface area contributed by atoms with Gasteiger partial charge in [-0.3, -0.25) is 0 Å².